The van der Waals surface area contributed by atoms with Crippen LogP contribution in [-0.4, -0.2) is 21.0 Å². The largest absolute Gasteiger partial charge is 0.423 e. The van der Waals surface area contributed by atoms with E-state index in [0.717, 1.165) is 25.4 Å². The van der Waals surface area contributed by atoms with Crippen LogP contribution in [0.15, 0.2) is 63.5 Å². The number of nitrogens with one attached hydrogen (secondary N) is 2. The van der Waals surface area contributed by atoms with Crippen LogP contribution in [0.2, 0.25) is 0 Å². The van der Waals surface area contributed by atoms with Gasteiger partial charge in [0.25, 0.3) is 0 Å². The van der Waals surface area contributed by atoms with Gasteiger partial charge in [0.05, 0.1) is 16.1 Å². The van der Waals surface area contributed by atoms with E-state index in [4.69, 9.17) is 10.00 Å². The molecule has 160 valence electrons. The van der Waals surface area contributed by atoms with Crippen LogP contribution in [0.4, 0.5) is 17.6 Å². The van der Waals surface area contributed by atoms with Gasteiger partial charge < -0.3 is 15.4 Å². The third-order valence-electron chi connectivity index (χ3n) is 4.38. The molecule has 0 aliphatic heterocycles. The Kier molecular flexibility index (Phi) is 6.53. The molecule has 0 spiro atoms. The predicted molar refractivity (Wildman–Crippen MR) is 132 cm³/mol. The second kappa shape index (κ2) is 9.51. The van der Waals surface area contributed by atoms with Crippen molar-refractivity contribution in [2.45, 2.75) is 19.9 Å². The molecule has 0 saturated heterocycles. The quantitative estimate of drug-likeness (QED) is 0.271. The predicted octanol–water partition coefficient (Wildman–Crippen LogP) is 6.78. The summed E-state index contributed by atoms with van der Waals surface area (Å²) in [5.41, 5.74) is 1.32. The maximum atomic E-state index is 8.98. The van der Waals surface area contributed by atoms with Gasteiger partial charge in [0.15, 0.2) is 0 Å². The van der Waals surface area contributed by atoms with Crippen LogP contribution >= 0.6 is 31.9 Å². The van der Waals surface area contributed by atoms with Crippen LogP contribution in [0.25, 0.3) is 10.8 Å². The average Bonchev–Trinajstić information content (AvgIpc) is 2.75. The van der Waals surface area contributed by atoms with Crippen molar-refractivity contribution in [3.63, 3.8) is 0 Å². The summed E-state index contributed by atoms with van der Waals surface area (Å²) in [4.78, 5) is 13.3. The van der Waals surface area contributed by atoms with Crippen LogP contribution in [0.5, 0.6) is 11.8 Å². The minimum absolute atomic E-state index is 0.124. The van der Waals surface area contributed by atoms with Gasteiger partial charge in [-0.15, -0.1) is 0 Å². The van der Waals surface area contributed by atoms with Crippen molar-refractivity contribution in [3.8, 4) is 17.8 Å². The number of ether oxygens (including phenoxy) is 1. The van der Waals surface area contributed by atoms with E-state index in [0.29, 0.717) is 23.2 Å². The van der Waals surface area contributed by atoms with Gasteiger partial charge in [-0.05, 0) is 83.0 Å². The lowest BCUT2D eigenvalue weighted by Crippen LogP contribution is -2.14. The highest BCUT2D eigenvalue weighted by Gasteiger charge is 2.13. The molecular formula is C23H18Br2N6O. The number of nitriles is 1. The van der Waals surface area contributed by atoms with Gasteiger partial charge >= 0.3 is 6.01 Å². The number of fused-ring (bicyclic) bond motifs is 1. The summed E-state index contributed by atoms with van der Waals surface area (Å²) in [6.45, 7) is 3.99. The fraction of sp³-hybridized carbons (Fsp3) is 0.130. The van der Waals surface area contributed by atoms with Gasteiger partial charge in [-0.3, -0.25) is 0 Å². The molecule has 0 aliphatic carbocycles. The number of rotatable bonds is 6. The highest BCUT2D eigenvalue weighted by Crippen LogP contribution is 2.36. The smallest absolute Gasteiger partial charge is 0.328 e. The molecule has 0 fully saturated rings. The number of aromatic nitrogens is 3. The molecule has 0 aliphatic rings. The van der Waals surface area contributed by atoms with Crippen LogP contribution in [0.3, 0.4) is 0 Å². The minimum Gasteiger partial charge on any atom is -0.423 e. The number of nitrogens with zero attached hydrogens (tertiary/aromatic N) is 4. The van der Waals surface area contributed by atoms with E-state index in [9.17, 15) is 0 Å². The van der Waals surface area contributed by atoms with Gasteiger partial charge in [-0.2, -0.15) is 20.2 Å². The second-order valence-electron chi connectivity index (χ2n) is 7.22. The fourth-order valence-corrected chi connectivity index (χ4v) is 3.91. The molecular weight excluding hydrogens is 536 g/mol. The third kappa shape index (κ3) is 5.15. The zero-order valence-electron chi connectivity index (χ0n) is 17.2. The Labute approximate surface area is 202 Å². The van der Waals surface area contributed by atoms with Crippen molar-refractivity contribution in [3.05, 3.63) is 69.1 Å². The maximum absolute atomic E-state index is 8.98. The van der Waals surface area contributed by atoms with Crippen molar-refractivity contribution in [2.75, 3.05) is 10.6 Å². The summed E-state index contributed by atoms with van der Waals surface area (Å²) in [7, 11) is 0. The molecule has 1 heterocycles. The highest BCUT2D eigenvalue weighted by atomic mass is 79.9. The normalized spacial score (nSPS) is 10.8. The molecule has 7 nitrogen and oxygen atoms in total. The van der Waals surface area contributed by atoms with Gasteiger partial charge in [0.1, 0.15) is 5.75 Å². The molecule has 2 N–H and O–H groups in total. The van der Waals surface area contributed by atoms with E-state index in [1.807, 2.05) is 44.2 Å². The first kappa shape index (κ1) is 22.0. The zero-order chi connectivity index (χ0) is 22.7. The Hall–Kier alpha value is -3.22. The molecule has 0 radical (unpaired) electrons. The number of halogens is 2. The monoisotopic (exact) mass is 552 g/mol. The molecule has 32 heavy (non-hydrogen) atoms. The van der Waals surface area contributed by atoms with Gasteiger partial charge in [0, 0.05) is 16.2 Å². The first-order valence-corrected chi connectivity index (χ1v) is 11.4. The first-order valence-electron chi connectivity index (χ1n) is 9.76. The number of anilines is 3. The standard InChI is InChI=1S/C23H18Br2N6O/c1-13(2)27-21-29-22(28-17-7-3-14(12-26)4-8-17)31-23(30-21)32-19-10-5-15-11-16(24)6-9-18(15)20(19)25/h3-11,13H,1-2H3,(H2,27,28,29,30,31). The lowest BCUT2D eigenvalue weighted by atomic mass is 10.1. The van der Waals surface area contributed by atoms with Crippen molar-refractivity contribution in [1.82, 2.24) is 15.0 Å². The first-order chi connectivity index (χ1) is 15.4. The highest BCUT2D eigenvalue weighted by molar-refractivity contribution is 9.11. The van der Waals surface area contributed by atoms with E-state index < -0.39 is 0 Å². The van der Waals surface area contributed by atoms with E-state index in [1.165, 1.54) is 0 Å². The lowest BCUT2D eigenvalue weighted by molar-refractivity contribution is 0.439. The summed E-state index contributed by atoms with van der Waals surface area (Å²) in [6, 6.07) is 19.3. The molecule has 0 amide bonds. The Morgan fingerprint density at radius 3 is 2.41 bits per heavy atom. The number of hydrogen-bond acceptors (Lipinski definition) is 7. The van der Waals surface area contributed by atoms with Crippen molar-refractivity contribution in [1.29, 1.82) is 5.26 Å². The zero-order valence-corrected chi connectivity index (χ0v) is 20.4. The fourth-order valence-electron chi connectivity index (χ4n) is 2.96. The molecule has 0 atom stereocenters. The molecule has 4 aromatic rings. The van der Waals surface area contributed by atoms with Crippen molar-refractivity contribution < 1.29 is 4.74 Å². The van der Waals surface area contributed by atoms with Gasteiger partial charge in [-0.1, -0.05) is 28.1 Å². The van der Waals surface area contributed by atoms with Gasteiger partial charge in [-0.25, -0.2) is 0 Å². The Morgan fingerprint density at radius 2 is 1.69 bits per heavy atom. The number of benzene rings is 3. The van der Waals surface area contributed by atoms with E-state index >= 15 is 0 Å². The lowest BCUT2D eigenvalue weighted by Gasteiger charge is -2.13. The van der Waals surface area contributed by atoms with Crippen LogP contribution in [0.1, 0.15) is 19.4 Å². The second-order valence-corrected chi connectivity index (χ2v) is 8.93. The molecule has 1 aromatic heterocycles. The molecule has 0 unspecified atom stereocenters. The summed E-state index contributed by atoms with van der Waals surface area (Å²) < 4.78 is 7.85. The Morgan fingerprint density at radius 1 is 0.938 bits per heavy atom. The average molecular weight is 554 g/mol. The van der Waals surface area contributed by atoms with Gasteiger partial charge in [0.2, 0.25) is 11.9 Å². The summed E-state index contributed by atoms with van der Waals surface area (Å²) >= 11 is 7.14. The Bertz CT molecular complexity index is 1320. The molecule has 0 bridgehead atoms. The molecule has 0 saturated carbocycles. The maximum Gasteiger partial charge on any atom is 0.328 e. The third-order valence-corrected chi connectivity index (χ3v) is 5.70. The minimum atomic E-state index is 0.124. The molecule has 3 aromatic carbocycles. The van der Waals surface area contributed by atoms with Crippen LogP contribution < -0.4 is 15.4 Å². The SMILES string of the molecule is CC(C)Nc1nc(Nc2ccc(C#N)cc2)nc(Oc2ccc3cc(Br)ccc3c2Br)n1. The van der Waals surface area contributed by atoms with E-state index in [1.54, 1.807) is 24.3 Å². The molecule has 9 heteroatoms. The molecule has 4 rings (SSSR count). The number of hydrogen-bond donors (Lipinski definition) is 2. The van der Waals surface area contributed by atoms with E-state index in [-0.39, 0.29) is 12.1 Å². The summed E-state index contributed by atoms with van der Waals surface area (Å²) in [6.07, 6.45) is 0. The topological polar surface area (TPSA) is 95.8 Å². The van der Waals surface area contributed by atoms with E-state index in [2.05, 4.69) is 63.5 Å². The van der Waals surface area contributed by atoms with Crippen molar-refractivity contribution in [2.24, 2.45) is 0 Å². The summed E-state index contributed by atoms with van der Waals surface area (Å²) in [5, 5.41) is 17.4. The van der Waals surface area contributed by atoms with Crippen LogP contribution in [0, 0.1) is 11.3 Å². The summed E-state index contributed by atoms with van der Waals surface area (Å²) in [5.74, 6) is 1.30. The van der Waals surface area contributed by atoms with Crippen LogP contribution in [-0.2, 0) is 0 Å². The van der Waals surface area contributed by atoms with Crippen molar-refractivity contribution >= 4 is 60.2 Å². The Balaban J connectivity index is 1.67.